The molecule has 0 radical (unpaired) electrons. The molecular weight excluding hydrogens is 276 g/mol. The average Bonchev–Trinajstić information content (AvgIpc) is 3.06. The Hall–Kier alpha value is -2.24. The molecule has 3 unspecified atom stereocenters. The number of aromatic nitrogens is 1. The lowest BCUT2D eigenvalue weighted by molar-refractivity contribution is -0.123. The molecule has 0 spiro atoms. The molecule has 1 aromatic carbocycles. The van der Waals surface area contributed by atoms with Gasteiger partial charge in [0.25, 0.3) is 0 Å². The summed E-state index contributed by atoms with van der Waals surface area (Å²) < 4.78 is 0. The summed E-state index contributed by atoms with van der Waals surface area (Å²) in [5, 5.41) is 3.05. The summed E-state index contributed by atoms with van der Waals surface area (Å²) in [6.07, 6.45) is 4.28. The van der Waals surface area contributed by atoms with Crippen molar-refractivity contribution in [1.29, 1.82) is 0 Å². The van der Waals surface area contributed by atoms with Crippen LogP contribution in [0.3, 0.4) is 0 Å². The van der Waals surface area contributed by atoms with Gasteiger partial charge in [-0.3, -0.25) is 9.78 Å². The van der Waals surface area contributed by atoms with E-state index in [0.29, 0.717) is 6.42 Å². The highest BCUT2D eigenvalue weighted by molar-refractivity contribution is 5.82. The third-order valence-corrected chi connectivity index (χ3v) is 3.96. The Morgan fingerprint density at radius 2 is 2.05 bits per heavy atom. The first-order chi connectivity index (χ1) is 10.7. The molecule has 3 rings (SSSR count). The van der Waals surface area contributed by atoms with Gasteiger partial charge in [-0.15, -0.1) is 0 Å². The number of amides is 1. The number of nitrogens with one attached hydrogen (secondary N) is 3. The third-order valence-electron chi connectivity index (χ3n) is 3.96. The highest BCUT2D eigenvalue weighted by Gasteiger charge is 2.30. The molecule has 3 atom stereocenters. The van der Waals surface area contributed by atoms with Crippen molar-refractivity contribution in [3.63, 3.8) is 0 Å². The Morgan fingerprint density at radius 3 is 2.77 bits per heavy atom. The van der Waals surface area contributed by atoms with E-state index in [4.69, 9.17) is 0 Å². The van der Waals surface area contributed by atoms with Crippen LogP contribution in [0.5, 0.6) is 0 Å². The van der Waals surface area contributed by atoms with Gasteiger partial charge in [0, 0.05) is 18.4 Å². The van der Waals surface area contributed by atoms with Gasteiger partial charge in [-0.25, -0.2) is 10.9 Å². The maximum absolute atomic E-state index is 12.4. The second-order valence-corrected chi connectivity index (χ2v) is 5.56. The monoisotopic (exact) mass is 296 g/mol. The Balaban J connectivity index is 1.58. The molecule has 3 N–H and O–H groups in total. The summed E-state index contributed by atoms with van der Waals surface area (Å²) in [7, 11) is 0. The van der Waals surface area contributed by atoms with Gasteiger partial charge < -0.3 is 5.32 Å². The minimum Gasteiger partial charge on any atom is -0.348 e. The largest absolute Gasteiger partial charge is 0.348 e. The van der Waals surface area contributed by atoms with E-state index < -0.39 is 0 Å². The number of hydrogen-bond donors (Lipinski definition) is 3. The molecule has 114 valence electrons. The van der Waals surface area contributed by atoms with Crippen LogP contribution in [0.2, 0.25) is 0 Å². The predicted molar refractivity (Wildman–Crippen MR) is 84.7 cm³/mol. The molecule has 2 aromatic rings. The average molecular weight is 296 g/mol. The quantitative estimate of drug-likeness (QED) is 0.806. The molecule has 0 bridgehead atoms. The first kappa shape index (κ1) is 14.7. The van der Waals surface area contributed by atoms with Crippen LogP contribution >= 0.6 is 0 Å². The van der Waals surface area contributed by atoms with Crippen LogP contribution in [0.25, 0.3) is 0 Å². The standard InChI is InChI=1S/C17H20N4O/c1-12(13-6-3-2-4-7-13)19-17(22)16-10-15(20-21-16)14-8-5-9-18-11-14/h2-9,11-12,15-16,20-21H,10H2,1H3,(H,19,22). The van der Waals surface area contributed by atoms with Crippen molar-refractivity contribution in [2.24, 2.45) is 0 Å². The molecule has 1 fully saturated rings. The number of nitrogens with zero attached hydrogens (tertiary/aromatic N) is 1. The Morgan fingerprint density at radius 1 is 1.23 bits per heavy atom. The van der Waals surface area contributed by atoms with Crippen LogP contribution in [0.1, 0.15) is 36.6 Å². The van der Waals surface area contributed by atoms with Gasteiger partial charge in [0.1, 0.15) is 6.04 Å². The first-order valence-corrected chi connectivity index (χ1v) is 7.50. The van der Waals surface area contributed by atoms with Gasteiger partial charge in [0.15, 0.2) is 0 Å². The molecule has 1 aromatic heterocycles. The van der Waals surface area contributed by atoms with Crippen molar-refractivity contribution in [3.05, 3.63) is 66.0 Å². The second kappa shape index (κ2) is 6.68. The van der Waals surface area contributed by atoms with Gasteiger partial charge in [-0.2, -0.15) is 0 Å². The predicted octanol–water partition coefficient (Wildman–Crippen LogP) is 1.87. The van der Waals surface area contributed by atoms with Crippen LogP contribution in [-0.2, 0) is 4.79 Å². The van der Waals surface area contributed by atoms with Crippen LogP contribution in [0.15, 0.2) is 54.9 Å². The highest BCUT2D eigenvalue weighted by Crippen LogP contribution is 2.22. The van der Waals surface area contributed by atoms with Crippen molar-refractivity contribution in [3.8, 4) is 0 Å². The van der Waals surface area contributed by atoms with Crippen LogP contribution < -0.4 is 16.2 Å². The zero-order valence-corrected chi connectivity index (χ0v) is 12.5. The van der Waals surface area contributed by atoms with Crippen LogP contribution in [0.4, 0.5) is 0 Å². The van der Waals surface area contributed by atoms with E-state index in [1.807, 2.05) is 55.6 Å². The second-order valence-electron chi connectivity index (χ2n) is 5.56. The molecule has 1 saturated heterocycles. The summed E-state index contributed by atoms with van der Waals surface area (Å²) in [5.41, 5.74) is 8.43. The van der Waals surface area contributed by atoms with E-state index in [1.165, 1.54) is 0 Å². The maximum atomic E-state index is 12.4. The minimum absolute atomic E-state index is 0.00654. The number of rotatable bonds is 4. The number of hydrazine groups is 1. The third kappa shape index (κ3) is 3.32. The summed E-state index contributed by atoms with van der Waals surface area (Å²) in [5.74, 6) is 0.00948. The molecule has 2 heterocycles. The van der Waals surface area contributed by atoms with Gasteiger partial charge in [-0.05, 0) is 30.5 Å². The van der Waals surface area contributed by atoms with Gasteiger partial charge in [0.05, 0.1) is 6.04 Å². The first-order valence-electron chi connectivity index (χ1n) is 7.50. The van der Waals surface area contributed by atoms with Crippen LogP contribution in [-0.4, -0.2) is 16.9 Å². The molecule has 0 saturated carbocycles. The summed E-state index contributed by atoms with van der Waals surface area (Å²) in [6, 6.07) is 13.7. The summed E-state index contributed by atoms with van der Waals surface area (Å²) in [4.78, 5) is 16.5. The van der Waals surface area contributed by atoms with Gasteiger partial charge in [0.2, 0.25) is 5.91 Å². The molecule has 1 amide bonds. The zero-order valence-electron chi connectivity index (χ0n) is 12.5. The van der Waals surface area contributed by atoms with E-state index >= 15 is 0 Å². The maximum Gasteiger partial charge on any atom is 0.239 e. The lowest BCUT2D eigenvalue weighted by Crippen LogP contribution is -2.43. The molecule has 1 aliphatic heterocycles. The fourth-order valence-electron chi connectivity index (χ4n) is 2.67. The Bertz CT molecular complexity index is 617. The summed E-state index contributed by atoms with van der Waals surface area (Å²) >= 11 is 0. The fraction of sp³-hybridized carbons (Fsp3) is 0.294. The number of pyridine rings is 1. The molecule has 0 aliphatic carbocycles. The Labute approximate surface area is 130 Å². The van der Waals surface area contributed by atoms with E-state index in [1.54, 1.807) is 6.20 Å². The molecule has 5 heteroatoms. The highest BCUT2D eigenvalue weighted by atomic mass is 16.2. The molecule has 22 heavy (non-hydrogen) atoms. The SMILES string of the molecule is CC(NC(=O)C1CC(c2cccnc2)NN1)c1ccccc1. The van der Waals surface area contributed by atoms with Crippen LogP contribution in [0, 0.1) is 0 Å². The molecular formula is C17H20N4O. The van der Waals surface area contributed by atoms with E-state index in [0.717, 1.165) is 11.1 Å². The topological polar surface area (TPSA) is 66.0 Å². The smallest absolute Gasteiger partial charge is 0.239 e. The van der Waals surface area contributed by atoms with Crippen molar-refractivity contribution in [1.82, 2.24) is 21.2 Å². The van der Waals surface area contributed by atoms with E-state index in [-0.39, 0.29) is 24.0 Å². The van der Waals surface area contributed by atoms with E-state index in [2.05, 4.69) is 21.2 Å². The normalized spacial score (nSPS) is 22.2. The van der Waals surface area contributed by atoms with Crippen molar-refractivity contribution < 1.29 is 4.79 Å². The summed E-state index contributed by atoms with van der Waals surface area (Å²) in [6.45, 7) is 1.99. The number of carbonyl (C=O) groups excluding carboxylic acids is 1. The number of carbonyl (C=O) groups is 1. The number of hydrogen-bond acceptors (Lipinski definition) is 4. The molecule has 5 nitrogen and oxygen atoms in total. The van der Waals surface area contributed by atoms with E-state index in [9.17, 15) is 4.79 Å². The zero-order chi connectivity index (χ0) is 15.4. The minimum atomic E-state index is -0.239. The van der Waals surface area contributed by atoms with Crippen molar-refractivity contribution in [2.45, 2.75) is 31.5 Å². The fourth-order valence-corrected chi connectivity index (χ4v) is 2.67. The lowest BCUT2D eigenvalue weighted by Gasteiger charge is -2.17. The van der Waals surface area contributed by atoms with Crippen molar-refractivity contribution in [2.75, 3.05) is 0 Å². The van der Waals surface area contributed by atoms with Crippen molar-refractivity contribution >= 4 is 5.91 Å². The Kier molecular flexibility index (Phi) is 4.46. The number of benzene rings is 1. The van der Waals surface area contributed by atoms with Gasteiger partial charge in [-0.1, -0.05) is 36.4 Å². The molecule has 1 aliphatic rings. The van der Waals surface area contributed by atoms with Gasteiger partial charge >= 0.3 is 0 Å². The lowest BCUT2D eigenvalue weighted by atomic mass is 10.0.